The second-order valence-corrected chi connectivity index (χ2v) is 3.61. The Bertz CT molecular complexity index is 624. The van der Waals surface area contributed by atoms with Crippen molar-refractivity contribution in [1.29, 1.82) is 5.26 Å². The van der Waals surface area contributed by atoms with Gasteiger partial charge in [0.2, 0.25) is 0 Å². The van der Waals surface area contributed by atoms with Crippen LogP contribution in [0.5, 0.6) is 0 Å². The number of halogens is 2. The monoisotopic (exact) mass is 295 g/mol. The van der Waals surface area contributed by atoms with Crippen molar-refractivity contribution in [3.05, 3.63) is 41.6 Å². The Morgan fingerprint density at radius 2 is 2.14 bits per heavy atom. The van der Waals surface area contributed by atoms with Crippen LogP contribution >= 0.6 is 0 Å². The van der Waals surface area contributed by atoms with Crippen LogP contribution in [0.4, 0.5) is 19.3 Å². The number of carbonyl (C=O) groups is 2. The summed E-state index contributed by atoms with van der Waals surface area (Å²) >= 11 is 0. The Kier molecular flexibility index (Phi) is 5.82. The Morgan fingerprint density at radius 1 is 1.43 bits per heavy atom. The molecule has 0 aliphatic rings. The van der Waals surface area contributed by atoms with E-state index in [0.717, 1.165) is 18.3 Å². The van der Waals surface area contributed by atoms with Crippen LogP contribution in [-0.4, -0.2) is 18.6 Å². The van der Waals surface area contributed by atoms with Gasteiger partial charge >= 0.3 is 6.09 Å². The molecule has 0 aliphatic carbocycles. The highest BCUT2D eigenvalue weighted by molar-refractivity contribution is 6.05. The van der Waals surface area contributed by atoms with Gasteiger partial charge in [-0.1, -0.05) is 0 Å². The molecule has 2 amide bonds. The number of benzene rings is 1. The van der Waals surface area contributed by atoms with Crippen molar-refractivity contribution in [3.63, 3.8) is 0 Å². The largest absolute Gasteiger partial charge is 0.450 e. The van der Waals surface area contributed by atoms with E-state index in [1.54, 1.807) is 6.92 Å². The fourth-order valence-corrected chi connectivity index (χ4v) is 1.23. The summed E-state index contributed by atoms with van der Waals surface area (Å²) in [6.45, 7) is 1.60. The minimum absolute atomic E-state index is 0.0593. The van der Waals surface area contributed by atoms with Crippen LogP contribution in [0.15, 0.2) is 30.0 Å². The Morgan fingerprint density at radius 3 is 2.71 bits per heavy atom. The van der Waals surface area contributed by atoms with E-state index in [-0.39, 0.29) is 12.3 Å². The van der Waals surface area contributed by atoms with E-state index in [9.17, 15) is 18.4 Å². The number of alkyl carbamates (subject to hydrolysis) is 1. The summed E-state index contributed by atoms with van der Waals surface area (Å²) in [6, 6.07) is 4.27. The first-order valence-electron chi connectivity index (χ1n) is 5.78. The van der Waals surface area contributed by atoms with Crippen LogP contribution in [0.1, 0.15) is 6.92 Å². The molecule has 0 spiro atoms. The summed E-state index contributed by atoms with van der Waals surface area (Å²) in [7, 11) is 0. The number of nitrogens with zero attached hydrogens (tertiary/aromatic N) is 1. The SMILES string of the molecule is CCOC(=O)NC(=O)C(C#N)=CNc1ccc(F)cc1F. The number of imide groups is 1. The van der Waals surface area contributed by atoms with E-state index in [4.69, 9.17) is 5.26 Å². The fourth-order valence-electron chi connectivity index (χ4n) is 1.23. The lowest BCUT2D eigenvalue weighted by molar-refractivity contribution is -0.116. The topological polar surface area (TPSA) is 91.2 Å². The molecule has 8 heteroatoms. The second-order valence-electron chi connectivity index (χ2n) is 3.61. The molecule has 1 aromatic rings. The lowest BCUT2D eigenvalue weighted by Crippen LogP contribution is -2.32. The third kappa shape index (κ3) is 4.91. The number of rotatable bonds is 4. The fraction of sp³-hybridized carbons (Fsp3) is 0.154. The van der Waals surface area contributed by atoms with Gasteiger partial charge in [0.05, 0.1) is 12.3 Å². The van der Waals surface area contributed by atoms with Gasteiger partial charge in [-0.3, -0.25) is 10.1 Å². The van der Waals surface area contributed by atoms with Gasteiger partial charge in [-0.05, 0) is 19.1 Å². The first kappa shape index (κ1) is 16.1. The average Bonchev–Trinajstić information content (AvgIpc) is 2.41. The zero-order valence-corrected chi connectivity index (χ0v) is 10.9. The first-order chi connectivity index (χ1) is 9.97. The van der Waals surface area contributed by atoms with Crippen molar-refractivity contribution in [1.82, 2.24) is 5.32 Å². The molecule has 0 saturated carbocycles. The van der Waals surface area contributed by atoms with Gasteiger partial charge in [-0.15, -0.1) is 0 Å². The smallest absolute Gasteiger partial charge is 0.414 e. The van der Waals surface area contributed by atoms with Crippen molar-refractivity contribution in [2.45, 2.75) is 6.92 Å². The molecule has 0 aromatic heterocycles. The normalized spacial score (nSPS) is 10.5. The number of anilines is 1. The summed E-state index contributed by atoms with van der Waals surface area (Å²) in [4.78, 5) is 22.6. The van der Waals surface area contributed by atoms with Gasteiger partial charge in [0.1, 0.15) is 23.3 Å². The van der Waals surface area contributed by atoms with E-state index < -0.39 is 29.2 Å². The van der Waals surface area contributed by atoms with E-state index in [1.807, 2.05) is 5.32 Å². The standard InChI is InChI=1S/C13H11F2N3O3/c1-2-21-13(20)18-12(19)8(6-16)7-17-11-4-3-9(14)5-10(11)15/h3-5,7,17H,2H2,1H3,(H,18,19,20). The molecule has 1 rings (SSSR count). The van der Waals surface area contributed by atoms with Gasteiger partial charge < -0.3 is 10.1 Å². The van der Waals surface area contributed by atoms with Crippen molar-refractivity contribution >= 4 is 17.7 Å². The Balaban J connectivity index is 2.78. The Labute approximate surface area is 119 Å². The molecule has 1 aromatic carbocycles. The first-order valence-corrected chi connectivity index (χ1v) is 5.78. The maximum Gasteiger partial charge on any atom is 0.414 e. The molecular weight excluding hydrogens is 284 g/mol. The number of ether oxygens (including phenoxy) is 1. The van der Waals surface area contributed by atoms with Crippen molar-refractivity contribution in [3.8, 4) is 6.07 Å². The second kappa shape index (κ2) is 7.59. The van der Waals surface area contributed by atoms with Gasteiger partial charge in [0.25, 0.3) is 5.91 Å². The van der Waals surface area contributed by atoms with Gasteiger partial charge in [0.15, 0.2) is 0 Å². The van der Waals surface area contributed by atoms with Crippen LogP contribution in [0.3, 0.4) is 0 Å². The molecule has 2 N–H and O–H groups in total. The molecule has 0 saturated heterocycles. The molecule has 0 aliphatic heterocycles. The molecule has 110 valence electrons. The number of amides is 2. The predicted octanol–water partition coefficient (Wildman–Crippen LogP) is 2.06. The van der Waals surface area contributed by atoms with Crippen LogP contribution in [0.2, 0.25) is 0 Å². The van der Waals surface area contributed by atoms with E-state index in [0.29, 0.717) is 6.07 Å². The Hall–Kier alpha value is -2.95. The van der Waals surface area contributed by atoms with Gasteiger partial charge in [-0.2, -0.15) is 5.26 Å². The molecule has 6 nitrogen and oxygen atoms in total. The highest BCUT2D eigenvalue weighted by atomic mass is 19.1. The highest BCUT2D eigenvalue weighted by Crippen LogP contribution is 2.15. The van der Waals surface area contributed by atoms with E-state index in [1.165, 1.54) is 6.07 Å². The predicted molar refractivity (Wildman–Crippen MR) is 68.8 cm³/mol. The molecule has 21 heavy (non-hydrogen) atoms. The van der Waals surface area contributed by atoms with Crippen LogP contribution in [0.25, 0.3) is 0 Å². The van der Waals surface area contributed by atoms with Crippen molar-refractivity contribution in [2.24, 2.45) is 0 Å². The molecule has 0 atom stereocenters. The molecule has 0 heterocycles. The number of hydrogen-bond acceptors (Lipinski definition) is 5. The summed E-state index contributed by atoms with van der Waals surface area (Å²) < 4.78 is 30.5. The lowest BCUT2D eigenvalue weighted by Gasteiger charge is -2.05. The summed E-state index contributed by atoms with van der Waals surface area (Å²) in [6.07, 6.45) is -0.109. The molecule has 0 fully saturated rings. The maximum atomic E-state index is 13.3. The van der Waals surface area contributed by atoms with E-state index in [2.05, 4.69) is 10.1 Å². The average molecular weight is 295 g/mol. The minimum atomic E-state index is -1.01. The van der Waals surface area contributed by atoms with Gasteiger partial charge in [-0.25, -0.2) is 13.6 Å². The number of hydrogen-bond donors (Lipinski definition) is 2. The molecular formula is C13H11F2N3O3. The zero-order valence-electron chi connectivity index (χ0n) is 10.9. The van der Waals surface area contributed by atoms with Gasteiger partial charge in [0, 0.05) is 12.3 Å². The van der Waals surface area contributed by atoms with E-state index >= 15 is 0 Å². The lowest BCUT2D eigenvalue weighted by atomic mass is 10.2. The molecule has 0 radical (unpaired) electrons. The van der Waals surface area contributed by atoms with Crippen LogP contribution < -0.4 is 10.6 Å². The summed E-state index contributed by atoms with van der Waals surface area (Å²) in [5, 5.41) is 13.0. The summed E-state index contributed by atoms with van der Waals surface area (Å²) in [5.41, 5.74) is -0.611. The quantitative estimate of drug-likeness (QED) is 0.655. The van der Waals surface area contributed by atoms with Crippen LogP contribution in [-0.2, 0) is 9.53 Å². The zero-order chi connectivity index (χ0) is 15.8. The van der Waals surface area contributed by atoms with Crippen molar-refractivity contribution < 1.29 is 23.1 Å². The van der Waals surface area contributed by atoms with Crippen LogP contribution in [0, 0.1) is 23.0 Å². The number of nitriles is 1. The molecule has 0 bridgehead atoms. The summed E-state index contributed by atoms with van der Waals surface area (Å²) in [5.74, 6) is -2.66. The highest BCUT2D eigenvalue weighted by Gasteiger charge is 2.13. The molecule has 0 unspecified atom stereocenters. The maximum absolute atomic E-state index is 13.3. The number of carbonyl (C=O) groups excluding carboxylic acids is 2. The minimum Gasteiger partial charge on any atom is -0.450 e. The number of nitrogens with one attached hydrogen (secondary N) is 2. The third-order valence-electron chi connectivity index (χ3n) is 2.16. The third-order valence-corrected chi connectivity index (χ3v) is 2.16. The van der Waals surface area contributed by atoms with Crippen molar-refractivity contribution in [2.75, 3.05) is 11.9 Å².